The quantitative estimate of drug-likeness (QED) is 0.774. The Morgan fingerprint density at radius 2 is 2.04 bits per heavy atom. The molecule has 1 atom stereocenters. The molecule has 5 nitrogen and oxygen atoms in total. The van der Waals surface area contributed by atoms with Gasteiger partial charge >= 0.3 is 5.97 Å². The first-order valence-corrected chi connectivity index (χ1v) is 9.62. The summed E-state index contributed by atoms with van der Waals surface area (Å²) < 4.78 is 10.8. The first-order valence-electron chi connectivity index (χ1n) is 8.81. The molecule has 0 spiro atoms. The molecule has 1 amide bonds. The molecule has 1 heterocycles. The Hall–Kier alpha value is -2.34. The fourth-order valence-electron chi connectivity index (χ4n) is 3.17. The molecule has 1 unspecified atom stereocenters. The number of fused-ring (bicyclic) bond motifs is 1. The molecular weight excluding hydrogens is 350 g/mol. The van der Waals surface area contributed by atoms with Crippen LogP contribution < -0.4 is 10.1 Å². The Labute approximate surface area is 157 Å². The van der Waals surface area contributed by atoms with Gasteiger partial charge in [0, 0.05) is 4.88 Å². The third kappa shape index (κ3) is 3.60. The van der Waals surface area contributed by atoms with Gasteiger partial charge in [0.2, 0.25) is 0 Å². The molecule has 0 aliphatic heterocycles. The number of hydrogen-bond acceptors (Lipinski definition) is 5. The van der Waals surface area contributed by atoms with Crippen molar-refractivity contribution in [2.24, 2.45) is 0 Å². The van der Waals surface area contributed by atoms with E-state index in [0.717, 1.165) is 35.3 Å². The summed E-state index contributed by atoms with van der Waals surface area (Å²) in [4.78, 5) is 26.1. The van der Waals surface area contributed by atoms with Crippen molar-refractivity contribution in [3.63, 3.8) is 0 Å². The van der Waals surface area contributed by atoms with Gasteiger partial charge in [-0.2, -0.15) is 0 Å². The zero-order valence-corrected chi connectivity index (χ0v) is 16.1. The molecule has 3 rings (SSSR count). The molecule has 1 aromatic carbocycles. The van der Waals surface area contributed by atoms with Gasteiger partial charge in [0.25, 0.3) is 5.91 Å². The van der Waals surface area contributed by atoms with Crippen molar-refractivity contribution < 1.29 is 19.1 Å². The third-order valence-electron chi connectivity index (χ3n) is 4.57. The first kappa shape index (κ1) is 18.5. The maximum atomic E-state index is 12.8. The normalized spacial score (nSPS) is 13.8. The summed E-state index contributed by atoms with van der Waals surface area (Å²) in [6, 6.07) is 7.61. The Morgan fingerprint density at radius 3 is 2.73 bits per heavy atom. The molecule has 138 valence electrons. The van der Waals surface area contributed by atoms with Gasteiger partial charge in [-0.05, 0) is 49.8 Å². The SMILES string of the molecule is CCC(Oc1ccccc1C)C(=O)Nc1sc2c(c1C(=O)OC)CCC2. The van der Waals surface area contributed by atoms with E-state index in [2.05, 4.69) is 5.32 Å². The van der Waals surface area contributed by atoms with Gasteiger partial charge < -0.3 is 14.8 Å². The molecule has 0 radical (unpaired) electrons. The lowest BCUT2D eigenvalue weighted by Crippen LogP contribution is -2.32. The Balaban J connectivity index is 1.80. The van der Waals surface area contributed by atoms with Gasteiger partial charge in [0.05, 0.1) is 12.7 Å². The van der Waals surface area contributed by atoms with E-state index in [1.165, 1.54) is 18.4 Å². The van der Waals surface area contributed by atoms with Crippen molar-refractivity contribution in [2.75, 3.05) is 12.4 Å². The van der Waals surface area contributed by atoms with E-state index in [0.29, 0.717) is 22.7 Å². The zero-order valence-electron chi connectivity index (χ0n) is 15.3. The average Bonchev–Trinajstić information content (AvgIpc) is 3.21. The van der Waals surface area contributed by atoms with Crippen LogP contribution in [0.2, 0.25) is 0 Å². The number of rotatable bonds is 6. The number of esters is 1. The number of carbonyl (C=O) groups excluding carboxylic acids is 2. The van der Waals surface area contributed by atoms with Gasteiger partial charge in [-0.3, -0.25) is 4.79 Å². The van der Waals surface area contributed by atoms with Gasteiger partial charge in [-0.15, -0.1) is 11.3 Å². The van der Waals surface area contributed by atoms with Crippen molar-refractivity contribution in [1.29, 1.82) is 0 Å². The van der Waals surface area contributed by atoms with Gasteiger partial charge in [0.15, 0.2) is 6.10 Å². The number of carbonyl (C=O) groups is 2. The maximum absolute atomic E-state index is 12.8. The Bertz CT molecular complexity index is 827. The first-order chi connectivity index (χ1) is 12.5. The zero-order chi connectivity index (χ0) is 18.7. The second kappa shape index (κ2) is 7.91. The molecule has 1 aliphatic carbocycles. The predicted molar refractivity (Wildman–Crippen MR) is 102 cm³/mol. The molecule has 2 aromatic rings. The van der Waals surface area contributed by atoms with Crippen molar-refractivity contribution in [2.45, 2.75) is 45.6 Å². The number of ether oxygens (including phenoxy) is 2. The molecule has 6 heteroatoms. The largest absolute Gasteiger partial charge is 0.480 e. The number of para-hydroxylation sites is 1. The van der Waals surface area contributed by atoms with E-state index >= 15 is 0 Å². The van der Waals surface area contributed by atoms with Crippen LogP contribution in [0.5, 0.6) is 5.75 Å². The molecule has 0 bridgehead atoms. The molecule has 26 heavy (non-hydrogen) atoms. The minimum atomic E-state index is -0.626. The predicted octanol–water partition coefficient (Wildman–Crippen LogP) is 4.13. The second-order valence-electron chi connectivity index (χ2n) is 6.32. The highest BCUT2D eigenvalue weighted by Crippen LogP contribution is 2.39. The Morgan fingerprint density at radius 1 is 1.27 bits per heavy atom. The van der Waals surface area contributed by atoms with E-state index in [1.807, 2.05) is 38.1 Å². The average molecular weight is 373 g/mol. The van der Waals surface area contributed by atoms with Crippen molar-refractivity contribution in [3.05, 3.63) is 45.8 Å². The van der Waals surface area contributed by atoms with E-state index < -0.39 is 12.1 Å². The highest BCUT2D eigenvalue weighted by molar-refractivity contribution is 7.17. The van der Waals surface area contributed by atoms with Crippen LogP contribution >= 0.6 is 11.3 Å². The van der Waals surface area contributed by atoms with Crippen molar-refractivity contribution in [3.8, 4) is 5.75 Å². The number of benzene rings is 1. The fraction of sp³-hybridized carbons (Fsp3) is 0.400. The molecule has 0 fully saturated rings. The van der Waals surface area contributed by atoms with Crippen LogP contribution in [-0.4, -0.2) is 25.1 Å². The lowest BCUT2D eigenvalue weighted by atomic mass is 10.1. The standard InChI is InChI=1S/C20H23NO4S/c1-4-14(25-15-10-6-5-8-12(15)2)18(22)21-19-17(20(23)24-3)13-9-7-11-16(13)26-19/h5-6,8,10,14H,4,7,9,11H2,1-3H3,(H,21,22). The number of hydrogen-bond donors (Lipinski definition) is 1. The van der Waals surface area contributed by atoms with Crippen LogP contribution in [0, 0.1) is 6.92 Å². The number of methoxy groups -OCH3 is 1. The van der Waals surface area contributed by atoms with Crippen LogP contribution in [-0.2, 0) is 22.4 Å². The number of thiophene rings is 1. The van der Waals surface area contributed by atoms with Crippen LogP contribution in [0.25, 0.3) is 0 Å². The summed E-state index contributed by atoms with van der Waals surface area (Å²) in [5, 5.41) is 3.47. The summed E-state index contributed by atoms with van der Waals surface area (Å²) >= 11 is 1.47. The van der Waals surface area contributed by atoms with Crippen LogP contribution in [0.15, 0.2) is 24.3 Å². The topological polar surface area (TPSA) is 64.6 Å². The second-order valence-corrected chi connectivity index (χ2v) is 7.43. The fourth-order valence-corrected chi connectivity index (χ4v) is 4.45. The minimum absolute atomic E-state index is 0.249. The summed E-state index contributed by atoms with van der Waals surface area (Å²) in [6.45, 7) is 3.84. The van der Waals surface area contributed by atoms with Crippen LogP contribution in [0.4, 0.5) is 5.00 Å². The summed E-state index contributed by atoms with van der Waals surface area (Å²) in [6.07, 6.45) is 2.73. The summed E-state index contributed by atoms with van der Waals surface area (Å²) in [5.74, 6) is 0.0461. The Kier molecular flexibility index (Phi) is 5.61. The van der Waals surface area contributed by atoms with Crippen molar-refractivity contribution >= 4 is 28.2 Å². The van der Waals surface area contributed by atoms with Crippen LogP contribution in [0.3, 0.4) is 0 Å². The van der Waals surface area contributed by atoms with Gasteiger partial charge in [-0.25, -0.2) is 4.79 Å². The lowest BCUT2D eigenvalue weighted by molar-refractivity contribution is -0.122. The monoisotopic (exact) mass is 373 g/mol. The molecule has 1 aromatic heterocycles. The number of aryl methyl sites for hydroxylation is 2. The van der Waals surface area contributed by atoms with Gasteiger partial charge in [-0.1, -0.05) is 25.1 Å². The highest BCUT2D eigenvalue weighted by Gasteiger charge is 2.29. The van der Waals surface area contributed by atoms with Gasteiger partial charge in [0.1, 0.15) is 10.8 Å². The molecule has 1 aliphatic rings. The lowest BCUT2D eigenvalue weighted by Gasteiger charge is -2.18. The van der Waals surface area contributed by atoms with Crippen LogP contribution in [0.1, 0.15) is 46.1 Å². The highest BCUT2D eigenvalue weighted by atomic mass is 32.1. The smallest absolute Gasteiger partial charge is 0.341 e. The number of anilines is 1. The molecular formula is C20H23NO4S. The molecule has 0 saturated heterocycles. The third-order valence-corrected chi connectivity index (χ3v) is 5.78. The van der Waals surface area contributed by atoms with E-state index in [1.54, 1.807) is 0 Å². The maximum Gasteiger partial charge on any atom is 0.341 e. The number of nitrogens with one attached hydrogen (secondary N) is 1. The van der Waals surface area contributed by atoms with E-state index in [4.69, 9.17) is 9.47 Å². The van der Waals surface area contributed by atoms with E-state index in [-0.39, 0.29) is 5.91 Å². The molecule has 0 saturated carbocycles. The minimum Gasteiger partial charge on any atom is -0.480 e. The van der Waals surface area contributed by atoms with Crippen molar-refractivity contribution in [1.82, 2.24) is 0 Å². The number of amides is 1. The van der Waals surface area contributed by atoms with E-state index in [9.17, 15) is 9.59 Å². The summed E-state index contributed by atoms with van der Waals surface area (Å²) in [7, 11) is 1.36. The summed E-state index contributed by atoms with van der Waals surface area (Å²) in [5.41, 5.74) is 2.50. The molecule has 1 N–H and O–H groups in total.